The van der Waals surface area contributed by atoms with Crippen molar-refractivity contribution in [2.24, 2.45) is 0 Å². The second-order valence-corrected chi connectivity index (χ2v) is 5.10. The Bertz CT molecular complexity index is 600. The SMILES string of the molecule is CC(C)Oc1cc(Nc2ccc(Cl)cc2)c(N)cc1F. The third-order valence-corrected chi connectivity index (χ3v) is 2.84. The first-order valence-electron chi connectivity index (χ1n) is 6.24. The molecule has 0 spiro atoms. The van der Waals surface area contributed by atoms with Gasteiger partial charge in [0, 0.05) is 22.8 Å². The average Bonchev–Trinajstić information content (AvgIpc) is 2.37. The monoisotopic (exact) mass is 294 g/mol. The summed E-state index contributed by atoms with van der Waals surface area (Å²) in [4.78, 5) is 0. The van der Waals surface area contributed by atoms with E-state index in [9.17, 15) is 4.39 Å². The zero-order valence-corrected chi connectivity index (χ0v) is 12.0. The Balaban J connectivity index is 2.28. The van der Waals surface area contributed by atoms with Gasteiger partial charge in [0.15, 0.2) is 11.6 Å². The van der Waals surface area contributed by atoms with Gasteiger partial charge in [-0.05, 0) is 38.1 Å². The lowest BCUT2D eigenvalue weighted by Gasteiger charge is -2.15. The van der Waals surface area contributed by atoms with Crippen LogP contribution in [-0.2, 0) is 0 Å². The van der Waals surface area contributed by atoms with Crippen LogP contribution in [0.25, 0.3) is 0 Å². The minimum atomic E-state index is -0.474. The minimum Gasteiger partial charge on any atom is -0.488 e. The summed E-state index contributed by atoms with van der Waals surface area (Å²) in [5.74, 6) is -0.302. The van der Waals surface area contributed by atoms with Gasteiger partial charge in [-0.15, -0.1) is 0 Å². The summed E-state index contributed by atoms with van der Waals surface area (Å²) < 4.78 is 19.1. The second kappa shape index (κ2) is 6.01. The van der Waals surface area contributed by atoms with E-state index in [0.717, 1.165) is 5.69 Å². The van der Waals surface area contributed by atoms with Crippen LogP contribution in [0.2, 0.25) is 5.02 Å². The van der Waals surface area contributed by atoms with E-state index in [0.29, 0.717) is 16.4 Å². The van der Waals surface area contributed by atoms with Crippen molar-refractivity contribution in [2.75, 3.05) is 11.1 Å². The van der Waals surface area contributed by atoms with Gasteiger partial charge in [0.25, 0.3) is 0 Å². The first kappa shape index (κ1) is 14.5. The molecule has 0 aliphatic heterocycles. The van der Waals surface area contributed by atoms with Crippen molar-refractivity contribution in [2.45, 2.75) is 20.0 Å². The highest BCUT2D eigenvalue weighted by Gasteiger charge is 2.10. The van der Waals surface area contributed by atoms with Crippen LogP contribution in [0.1, 0.15) is 13.8 Å². The van der Waals surface area contributed by atoms with E-state index in [2.05, 4.69) is 5.32 Å². The second-order valence-electron chi connectivity index (χ2n) is 4.67. The van der Waals surface area contributed by atoms with Gasteiger partial charge < -0.3 is 15.8 Å². The molecule has 3 N–H and O–H groups in total. The summed E-state index contributed by atoms with van der Waals surface area (Å²) in [7, 11) is 0. The van der Waals surface area contributed by atoms with Crippen molar-refractivity contribution in [3.05, 3.63) is 47.2 Å². The Morgan fingerprint density at radius 3 is 2.45 bits per heavy atom. The van der Waals surface area contributed by atoms with E-state index in [-0.39, 0.29) is 11.9 Å². The highest BCUT2D eigenvalue weighted by Crippen LogP contribution is 2.31. The number of nitrogens with one attached hydrogen (secondary N) is 1. The highest BCUT2D eigenvalue weighted by molar-refractivity contribution is 6.30. The van der Waals surface area contributed by atoms with Crippen molar-refractivity contribution in [3.63, 3.8) is 0 Å². The van der Waals surface area contributed by atoms with Crippen molar-refractivity contribution >= 4 is 28.7 Å². The standard InChI is InChI=1S/C15H16ClFN2O/c1-9(2)20-15-8-14(13(18)7-12(15)17)19-11-5-3-10(16)4-6-11/h3-9,19H,18H2,1-2H3. The fourth-order valence-electron chi connectivity index (χ4n) is 1.71. The van der Waals surface area contributed by atoms with Crippen molar-refractivity contribution in [1.29, 1.82) is 0 Å². The molecule has 0 bridgehead atoms. The lowest BCUT2D eigenvalue weighted by molar-refractivity contribution is 0.231. The van der Waals surface area contributed by atoms with E-state index in [1.807, 2.05) is 26.0 Å². The molecule has 0 atom stereocenters. The van der Waals surface area contributed by atoms with Gasteiger partial charge in [-0.3, -0.25) is 0 Å². The van der Waals surface area contributed by atoms with E-state index >= 15 is 0 Å². The minimum absolute atomic E-state index is 0.114. The molecule has 0 unspecified atom stereocenters. The van der Waals surface area contributed by atoms with Crippen LogP contribution in [0.15, 0.2) is 36.4 Å². The zero-order chi connectivity index (χ0) is 14.7. The molecule has 2 aromatic carbocycles. The molecule has 2 aromatic rings. The molecule has 0 saturated carbocycles. The molecule has 0 radical (unpaired) electrons. The number of nitrogens with two attached hydrogens (primary N) is 1. The first-order chi connectivity index (χ1) is 9.45. The smallest absolute Gasteiger partial charge is 0.167 e. The van der Waals surface area contributed by atoms with Crippen LogP contribution >= 0.6 is 11.6 Å². The number of benzene rings is 2. The van der Waals surface area contributed by atoms with Gasteiger partial charge in [-0.25, -0.2) is 4.39 Å². The molecular weight excluding hydrogens is 279 g/mol. The Labute approximate surface area is 122 Å². The Morgan fingerprint density at radius 2 is 1.85 bits per heavy atom. The lowest BCUT2D eigenvalue weighted by Crippen LogP contribution is -2.08. The third-order valence-electron chi connectivity index (χ3n) is 2.59. The topological polar surface area (TPSA) is 47.3 Å². The summed E-state index contributed by atoms with van der Waals surface area (Å²) in [6.45, 7) is 3.67. The summed E-state index contributed by atoms with van der Waals surface area (Å²) in [6.07, 6.45) is -0.114. The quantitative estimate of drug-likeness (QED) is 0.811. The van der Waals surface area contributed by atoms with Gasteiger partial charge in [-0.1, -0.05) is 11.6 Å². The van der Waals surface area contributed by atoms with E-state index in [1.165, 1.54) is 6.07 Å². The predicted molar refractivity (Wildman–Crippen MR) is 81.3 cm³/mol. The number of anilines is 3. The molecule has 0 heterocycles. The van der Waals surface area contributed by atoms with Crippen molar-refractivity contribution in [3.8, 4) is 5.75 Å². The van der Waals surface area contributed by atoms with Gasteiger partial charge in [0.1, 0.15) is 0 Å². The molecular formula is C15H16ClFN2O. The fourth-order valence-corrected chi connectivity index (χ4v) is 1.84. The van der Waals surface area contributed by atoms with E-state index in [4.69, 9.17) is 22.1 Å². The average molecular weight is 295 g/mol. The fraction of sp³-hybridized carbons (Fsp3) is 0.200. The van der Waals surface area contributed by atoms with Gasteiger partial charge in [-0.2, -0.15) is 0 Å². The van der Waals surface area contributed by atoms with Gasteiger partial charge >= 0.3 is 0 Å². The summed E-state index contributed by atoms with van der Waals surface area (Å²) in [5.41, 5.74) is 7.52. The first-order valence-corrected chi connectivity index (χ1v) is 6.62. The van der Waals surface area contributed by atoms with Crippen LogP contribution in [0, 0.1) is 5.82 Å². The Hall–Kier alpha value is -1.94. The van der Waals surface area contributed by atoms with Crippen LogP contribution < -0.4 is 15.8 Å². The zero-order valence-electron chi connectivity index (χ0n) is 11.3. The van der Waals surface area contributed by atoms with Crippen molar-refractivity contribution < 1.29 is 9.13 Å². The number of hydrogen-bond acceptors (Lipinski definition) is 3. The van der Waals surface area contributed by atoms with Crippen LogP contribution in [0.3, 0.4) is 0 Å². The molecule has 0 saturated heterocycles. The Kier molecular flexibility index (Phi) is 4.35. The van der Waals surface area contributed by atoms with E-state index < -0.39 is 5.82 Å². The van der Waals surface area contributed by atoms with Crippen LogP contribution in [0.4, 0.5) is 21.5 Å². The molecule has 0 fully saturated rings. The number of ether oxygens (including phenoxy) is 1. The molecule has 0 aromatic heterocycles. The van der Waals surface area contributed by atoms with Gasteiger partial charge in [0.2, 0.25) is 0 Å². The molecule has 2 rings (SSSR count). The maximum atomic E-state index is 13.7. The Morgan fingerprint density at radius 1 is 1.20 bits per heavy atom. The third kappa shape index (κ3) is 3.54. The molecule has 0 amide bonds. The summed E-state index contributed by atoms with van der Waals surface area (Å²) in [6, 6.07) is 9.95. The number of rotatable bonds is 4. The largest absolute Gasteiger partial charge is 0.488 e. The van der Waals surface area contributed by atoms with Crippen LogP contribution in [-0.4, -0.2) is 6.10 Å². The molecule has 0 aliphatic rings. The molecule has 3 nitrogen and oxygen atoms in total. The number of nitrogen functional groups attached to an aromatic ring is 1. The maximum absolute atomic E-state index is 13.7. The highest BCUT2D eigenvalue weighted by atomic mass is 35.5. The molecule has 0 aliphatic carbocycles. The maximum Gasteiger partial charge on any atom is 0.167 e. The summed E-state index contributed by atoms with van der Waals surface area (Å²) >= 11 is 5.83. The van der Waals surface area contributed by atoms with Crippen LogP contribution in [0.5, 0.6) is 5.75 Å². The number of hydrogen-bond donors (Lipinski definition) is 2. The predicted octanol–water partition coefficient (Wildman–Crippen LogP) is 4.59. The normalized spacial score (nSPS) is 10.7. The molecule has 5 heteroatoms. The van der Waals surface area contributed by atoms with E-state index in [1.54, 1.807) is 18.2 Å². The summed E-state index contributed by atoms with van der Waals surface area (Å²) in [5, 5.41) is 3.75. The lowest BCUT2D eigenvalue weighted by atomic mass is 10.2. The molecule has 106 valence electrons. The number of halogens is 2. The van der Waals surface area contributed by atoms with Crippen molar-refractivity contribution in [1.82, 2.24) is 0 Å². The van der Waals surface area contributed by atoms with Gasteiger partial charge in [0.05, 0.1) is 17.5 Å². The molecule has 20 heavy (non-hydrogen) atoms.